The number of amides is 1. The quantitative estimate of drug-likeness (QED) is 0.837. The monoisotopic (exact) mass is 280 g/mol. The van der Waals surface area contributed by atoms with E-state index in [0.717, 1.165) is 25.3 Å². The number of hydrogen-bond acceptors (Lipinski definition) is 2. The van der Waals surface area contributed by atoms with E-state index < -0.39 is 0 Å². The van der Waals surface area contributed by atoms with Gasteiger partial charge in [-0.15, -0.1) is 0 Å². The average Bonchev–Trinajstić information content (AvgIpc) is 2.69. The van der Waals surface area contributed by atoms with Gasteiger partial charge >= 0.3 is 0 Å². The SMILES string of the molecule is CCC1NC(CC(C)C)C(=O)N1CC1CCCCC1C. The Morgan fingerprint density at radius 2 is 2.00 bits per heavy atom. The fraction of sp³-hybridized carbons (Fsp3) is 0.941. The molecule has 0 radical (unpaired) electrons. The van der Waals surface area contributed by atoms with E-state index in [4.69, 9.17) is 0 Å². The molecule has 1 aliphatic carbocycles. The smallest absolute Gasteiger partial charge is 0.241 e. The zero-order valence-electron chi connectivity index (χ0n) is 13.7. The predicted octanol–water partition coefficient (Wildman–Crippen LogP) is 3.40. The highest BCUT2D eigenvalue weighted by atomic mass is 16.2. The number of nitrogens with zero attached hydrogens (tertiary/aromatic N) is 1. The summed E-state index contributed by atoms with van der Waals surface area (Å²) in [5.74, 6) is 2.41. The molecule has 3 heteroatoms. The van der Waals surface area contributed by atoms with Gasteiger partial charge in [-0.05, 0) is 37.0 Å². The molecule has 0 aromatic carbocycles. The number of carbonyl (C=O) groups excluding carboxylic acids is 1. The molecule has 116 valence electrons. The van der Waals surface area contributed by atoms with Crippen molar-refractivity contribution in [2.45, 2.75) is 78.4 Å². The highest BCUT2D eigenvalue weighted by Gasteiger charge is 2.39. The molecule has 1 saturated carbocycles. The lowest BCUT2D eigenvalue weighted by Crippen LogP contribution is -2.41. The third-order valence-electron chi connectivity index (χ3n) is 5.17. The molecule has 0 spiro atoms. The molecule has 1 saturated heterocycles. The topological polar surface area (TPSA) is 32.3 Å². The van der Waals surface area contributed by atoms with E-state index in [2.05, 4.69) is 37.9 Å². The largest absolute Gasteiger partial charge is 0.326 e. The third kappa shape index (κ3) is 3.55. The molecule has 1 N–H and O–H groups in total. The Hall–Kier alpha value is -0.570. The van der Waals surface area contributed by atoms with Gasteiger partial charge in [0.1, 0.15) is 0 Å². The Labute approximate surface area is 124 Å². The molecular formula is C17H32N2O. The van der Waals surface area contributed by atoms with Crippen molar-refractivity contribution < 1.29 is 4.79 Å². The molecule has 0 bridgehead atoms. The van der Waals surface area contributed by atoms with E-state index in [-0.39, 0.29) is 12.2 Å². The van der Waals surface area contributed by atoms with Gasteiger partial charge in [-0.2, -0.15) is 0 Å². The molecule has 0 aromatic heterocycles. The number of hydrogen-bond donors (Lipinski definition) is 1. The van der Waals surface area contributed by atoms with Crippen LogP contribution in [-0.2, 0) is 4.79 Å². The van der Waals surface area contributed by atoms with Crippen molar-refractivity contribution in [2.24, 2.45) is 17.8 Å². The lowest BCUT2D eigenvalue weighted by atomic mass is 9.80. The summed E-state index contributed by atoms with van der Waals surface area (Å²) in [6.07, 6.45) is 7.60. The van der Waals surface area contributed by atoms with Gasteiger partial charge in [-0.25, -0.2) is 0 Å². The fourth-order valence-corrected chi connectivity index (χ4v) is 3.86. The van der Waals surface area contributed by atoms with E-state index >= 15 is 0 Å². The van der Waals surface area contributed by atoms with Crippen LogP contribution < -0.4 is 5.32 Å². The van der Waals surface area contributed by atoms with Crippen LogP contribution in [0, 0.1) is 17.8 Å². The minimum Gasteiger partial charge on any atom is -0.326 e. The second-order valence-corrected chi connectivity index (χ2v) is 7.29. The summed E-state index contributed by atoms with van der Waals surface area (Å²) in [6, 6.07) is 0.0545. The Morgan fingerprint density at radius 3 is 2.60 bits per heavy atom. The lowest BCUT2D eigenvalue weighted by molar-refractivity contribution is -0.131. The summed E-state index contributed by atoms with van der Waals surface area (Å²) in [6.45, 7) is 9.91. The second-order valence-electron chi connectivity index (χ2n) is 7.29. The van der Waals surface area contributed by atoms with Gasteiger partial charge in [0.25, 0.3) is 0 Å². The normalized spacial score (nSPS) is 35.0. The van der Waals surface area contributed by atoms with Crippen molar-refractivity contribution in [3.05, 3.63) is 0 Å². The van der Waals surface area contributed by atoms with Crippen LogP contribution in [0.25, 0.3) is 0 Å². The van der Waals surface area contributed by atoms with Gasteiger partial charge in [0.2, 0.25) is 5.91 Å². The van der Waals surface area contributed by atoms with Crippen LogP contribution in [0.3, 0.4) is 0 Å². The fourth-order valence-electron chi connectivity index (χ4n) is 3.86. The predicted molar refractivity (Wildman–Crippen MR) is 83.3 cm³/mol. The van der Waals surface area contributed by atoms with E-state index in [1.165, 1.54) is 25.7 Å². The van der Waals surface area contributed by atoms with Crippen LogP contribution in [0.2, 0.25) is 0 Å². The van der Waals surface area contributed by atoms with Crippen LogP contribution in [0.5, 0.6) is 0 Å². The van der Waals surface area contributed by atoms with Gasteiger partial charge in [-0.3, -0.25) is 10.1 Å². The van der Waals surface area contributed by atoms with Crippen molar-refractivity contribution in [3.63, 3.8) is 0 Å². The maximum Gasteiger partial charge on any atom is 0.241 e. The third-order valence-corrected chi connectivity index (χ3v) is 5.17. The Kier molecular flexibility index (Phi) is 5.48. The summed E-state index contributed by atoms with van der Waals surface area (Å²) in [4.78, 5) is 14.8. The van der Waals surface area contributed by atoms with E-state index in [1.54, 1.807) is 0 Å². The standard InChI is InChI=1S/C17H32N2O/c1-5-16-18-15(10-12(2)3)17(20)19(16)11-14-9-7-6-8-13(14)4/h12-16,18H,5-11H2,1-4H3. The van der Waals surface area contributed by atoms with Crippen LogP contribution in [0.15, 0.2) is 0 Å². The molecule has 20 heavy (non-hydrogen) atoms. The minimum atomic E-state index is 0.0545. The maximum absolute atomic E-state index is 12.7. The van der Waals surface area contributed by atoms with Crippen LogP contribution in [-0.4, -0.2) is 29.6 Å². The first-order chi connectivity index (χ1) is 9.52. The van der Waals surface area contributed by atoms with Gasteiger partial charge in [0.15, 0.2) is 0 Å². The average molecular weight is 280 g/mol. The molecule has 4 unspecified atom stereocenters. The Balaban J connectivity index is 1.99. The Morgan fingerprint density at radius 1 is 1.30 bits per heavy atom. The second kappa shape index (κ2) is 6.93. The first-order valence-corrected chi connectivity index (χ1v) is 8.59. The van der Waals surface area contributed by atoms with Gasteiger partial charge in [0, 0.05) is 6.54 Å². The summed E-state index contributed by atoms with van der Waals surface area (Å²) in [7, 11) is 0. The molecule has 1 heterocycles. The molecule has 0 aromatic rings. The molecule has 2 fully saturated rings. The maximum atomic E-state index is 12.7. The Bertz CT molecular complexity index is 329. The first-order valence-electron chi connectivity index (χ1n) is 8.59. The van der Waals surface area contributed by atoms with Gasteiger partial charge in [0.05, 0.1) is 12.2 Å². The van der Waals surface area contributed by atoms with Crippen molar-refractivity contribution >= 4 is 5.91 Å². The summed E-state index contributed by atoms with van der Waals surface area (Å²) in [5.41, 5.74) is 0. The van der Waals surface area contributed by atoms with Crippen LogP contribution >= 0.6 is 0 Å². The molecular weight excluding hydrogens is 248 g/mol. The van der Waals surface area contributed by atoms with Crippen LogP contribution in [0.1, 0.15) is 66.2 Å². The molecule has 2 rings (SSSR count). The van der Waals surface area contributed by atoms with Crippen molar-refractivity contribution in [3.8, 4) is 0 Å². The molecule has 1 aliphatic heterocycles. The molecule has 2 aliphatic rings. The highest BCUT2D eigenvalue weighted by molar-refractivity contribution is 5.84. The number of nitrogens with one attached hydrogen (secondary N) is 1. The van der Waals surface area contributed by atoms with Crippen LogP contribution in [0.4, 0.5) is 0 Å². The molecule has 3 nitrogen and oxygen atoms in total. The van der Waals surface area contributed by atoms with Crippen molar-refractivity contribution in [1.29, 1.82) is 0 Å². The zero-order chi connectivity index (χ0) is 14.7. The number of carbonyl (C=O) groups is 1. The summed E-state index contributed by atoms with van der Waals surface area (Å²) >= 11 is 0. The molecule has 4 atom stereocenters. The van der Waals surface area contributed by atoms with Gasteiger partial charge in [-0.1, -0.05) is 47.0 Å². The first kappa shape index (κ1) is 15.8. The molecule has 1 amide bonds. The highest BCUT2D eigenvalue weighted by Crippen LogP contribution is 2.32. The van der Waals surface area contributed by atoms with Crippen molar-refractivity contribution in [2.75, 3.05) is 6.54 Å². The summed E-state index contributed by atoms with van der Waals surface area (Å²) in [5, 5.41) is 3.55. The van der Waals surface area contributed by atoms with E-state index in [0.29, 0.717) is 17.7 Å². The lowest BCUT2D eigenvalue weighted by Gasteiger charge is -2.34. The number of rotatable bonds is 5. The van der Waals surface area contributed by atoms with Crippen molar-refractivity contribution in [1.82, 2.24) is 10.2 Å². The van der Waals surface area contributed by atoms with E-state index in [9.17, 15) is 4.79 Å². The zero-order valence-corrected chi connectivity index (χ0v) is 13.7. The van der Waals surface area contributed by atoms with E-state index in [1.807, 2.05) is 0 Å². The van der Waals surface area contributed by atoms with Gasteiger partial charge < -0.3 is 4.90 Å². The minimum absolute atomic E-state index is 0.0545. The summed E-state index contributed by atoms with van der Waals surface area (Å²) < 4.78 is 0.